The van der Waals surface area contributed by atoms with Crippen molar-refractivity contribution in [2.24, 2.45) is 0 Å². The van der Waals surface area contributed by atoms with Gasteiger partial charge in [0.05, 0.1) is 5.69 Å². The number of rotatable bonds is 4. The van der Waals surface area contributed by atoms with Gasteiger partial charge in [-0.1, -0.05) is 18.2 Å². The van der Waals surface area contributed by atoms with E-state index in [2.05, 4.69) is 9.88 Å². The molecule has 8 nitrogen and oxygen atoms in total. The van der Waals surface area contributed by atoms with Gasteiger partial charge >= 0.3 is 6.09 Å². The second-order valence-electron chi connectivity index (χ2n) is 7.01. The lowest BCUT2D eigenvalue weighted by molar-refractivity contribution is 0.0553. The maximum Gasteiger partial charge on any atom is 0.434 e. The average Bonchev–Trinajstić information content (AvgIpc) is 3.07. The van der Waals surface area contributed by atoms with Crippen molar-refractivity contribution in [3.05, 3.63) is 66.2 Å². The van der Waals surface area contributed by atoms with Crippen LogP contribution >= 0.6 is 0 Å². The van der Waals surface area contributed by atoms with Crippen LogP contribution in [0.5, 0.6) is 11.8 Å². The van der Waals surface area contributed by atoms with Gasteiger partial charge in [0.25, 0.3) is 0 Å². The molecular formula is C21H21FN4O4. The maximum absolute atomic E-state index is 13.4. The predicted molar refractivity (Wildman–Crippen MR) is 106 cm³/mol. The molecule has 1 fully saturated rings. The van der Waals surface area contributed by atoms with E-state index >= 15 is 0 Å². The lowest BCUT2D eigenvalue weighted by Crippen LogP contribution is -2.50. The summed E-state index contributed by atoms with van der Waals surface area (Å²) in [4.78, 5) is 25.4. The molecule has 0 unspecified atom stereocenters. The number of amides is 1. The zero-order valence-electron chi connectivity index (χ0n) is 16.1. The van der Waals surface area contributed by atoms with Gasteiger partial charge in [-0.3, -0.25) is 9.88 Å². The largest absolute Gasteiger partial charge is 0.492 e. The van der Waals surface area contributed by atoms with Crippen molar-refractivity contribution in [1.29, 1.82) is 0 Å². The van der Waals surface area contributed by atoms with Gasteiger partial charge in [-0.2, -0.15) is 0 Å². The highest BCUT2D eigenvalue weighted by Crippen LogP contribution is 2.21. The number of pyridine rings is 1. The molecule has 0 bridgehead atoms. The van der Waals surface area contributed by atoms with Crippen LogP contribution in [0.25, 0.3) is 11.1 Å². The molecule has 9 heteroatoms. The molecule has 0 atom stereocenters. The van der Waals surface area contributed by atoms with Gasteiger partial charge in [-0.05, 0) is 23.8 Å². The van der Waals surface area contributed by atoms with E-state index in [4.69, 9.17) is 4.84 Å². The second kappa shape index (κ2) is 8.42. The molecule has 3 heterocycles. The molecule has 0 aliphatic carbocycles. The fourth-order valence-electron chi connectivity index (χ4n) is 3.31. The van der Waals surface area contributed by atoms with Crippen LogP contribution in [-0.4, -0.2) is 62.0 Å². The maximum atomic E-state index is 13.4. The summed E-state index contributed by atoms with van der Waals surface area (Å²) >= 11 is 0. The van der Waals surface area contributed by atoms with E-state index < -0.39 is 6.09 Å². The first-order valence-electron chi connectivity index (χ1n) is 9.50. The first-order valence-corrected chi connectivity index (χ1v) is 9.50. The number of aromatic nitrogens is 2. The molecule has 0 radical (unpaired) electrons. The number of halogens is 1. The standard InChI is InChI=1S/C21H21FN4O4/c22-17-3-1-2-15(12-17)16-4-5-18(23-13-16)14-24-8-10-25(11-9-24)21(29)30-26-19(27)6-7-20(26)28/h1-7,12-13,27-28H,8-11,14H2. The number of hydrogen-bond donors (Lipinski definition) is 2. The molecule has 1 amide bonds. The Hall–Kier alpha value is -3.59. The smallest absolute Gasteiger partial charge is 0.434 e. The third kappa shape index (κ3) is 4.36. The minimum absolute atomic E-state index is 0.282. The molecule has 4 rings (SSSR count). The quantitative estimate of drug-likeness (QED) is 0.684. The monoisotopic (exact) mass is 412 g/mol. The highest BCUT2D eigenvalue weighted by Gasteiger charge is 2.24. The molecule has 0 spiro atoms. The molecule has 3 aromatic rings. The molecule has 2 aromatic heterocycles. The number of carbonyl (C=O) groups is 1. The van der Waals surface area contributed by atoms with Crippen molar-refractivity contribution in [1.82, 2.24) is 19.5 Å². The lowest BCUT2D eigenvalue weighted by Gasteiger charge is -2.33. The molecule has 0 saturated carbocycles. The van der Waals surface area contributed by atoms with Gasteiger partial charge in [-0.15, -0.1) is 4.73 Å². The minimum Gasteiger partial charge on any atom is -0.492 e. The number of carbonyl (C=O) groups excluding carboxylic acids is 1. The Morgan fingerprint density at radius 1 is 1.00 bits per heavy atom. The Morgan fingerprint density at radius 3 is 2.37 bits per heavy atom. The predicted octanol–water partition coefficient (Wildman–Crippen LogP) is 2.47. The van der Waals surface area contributed by atoms with Gasteiger partial charge in [0.2, 0.25) is 11.8 Å². The van der Waals surface area contributed by atoms with E-state index in [-0.39, 0.29) is 17.6 Å². The number of hydrogen-bond acceptors (Lipinski definition) is 6. The van der Waals surface area contributed by atoms with Crippen LogP contribution in [0.15, 0.2) is 54.7 Å². The van der Waals surface area contributed by atoms with Crippen LogP contribution in [0.2, 0.25) is 0 Å². The fourth-order valence-corrected chi connectivity index (χ4v) is 3.31. The van der Waals surface area contributed by atoms with E-state index in [0.29, 0.717) is 37.5 Å². The first-order chi connectivity index (χ1) is 14.5. The Bertz CT molecular complexity index is 1010. The number of piperazine rings is 1. The number of benzene rings is 1. The molecule has 1 aliphatic heterocycles. The Balaban J connectivity index is 1.30. The average molecular weight is 412 g/mol. The van der Waals surface area contributed by atoms with Crippen LogP contribution in [0.3, 0.4) is 0 Å². The Kier molecular flexibility index (Phi) is 5.53. The van der Waals surface area contributed by atoms with Gasteiger partial charge in [0, 0.05) is 56.6 Å². The summed E-state index contributed by atoms with van der Waals surface area (Å²) < 4.78 is 14.1. The van der Waals surface area contributed by atoms with Crippen molar-refractivity contribution in [2.45, 2.75) is 6.54 Å². The molecular weight excluding hydrogens is 391 g/mol. The summed E-state index contributed by atoms with van der Waals surface area (Å²) in [5.74, 6) is -0.991. The van der Waals surface area contributed by atoms with Crippen molar-refractivity contribution >= 4 is 6.09 Å². The molecule has 30 heavy (non-hydrogen) atoms. The van der Waals surface area contributed by atoms with Gasteiger partial charge in [0.15, 0.2) is 0 Å². The minimum atomic E-state index is -0.644. The number of aromatic hydroxyl groups is 2. The van der Waals surface area contributed by atoms with Crippen LogP contribution < -0.4 is 4.84 Å². The van der Waals surface area contributed by atoms with Crippen LogP contribution in [0.4, 0.5) is 9.18 Å². The molecule has 1 aromatic carbocycles. The lowest BCUT2D eigenvalue weighted by atomic mass is 10.1. The highest BCUT2D eigenvalue weighted by atomic mass is 19.1. The van der Waals surface area contributed by atoms with Gasteiger partial charge in [0.1, 0.15) is 5.82 Å². The van der Waals surface area contributed by atoms with Crippen molar-refractivity contribution < 1.29 is 24.2 Å². The molecule has 156 valence electrons. The van der Waals surface area contributed by atoms with Crippen LogP contribution in [0, 0.1) is 5.82 Å². The van der Waals surface area contributed by atoms with Gasteiger partial charge in [-0.25, -0.2) is 9.18 Å². The van der Waals surface area contributed by atoms with E-state index in [9.17, 15) is 19.4 Å². The summed E-state index contributed by atoms with van der Waals surface area (Å²) in [7, 11) is 0. The SMILES string of the molecule is O=C(On1c(O)ccc1O)N1CCN(Cc2ccc(-c3cccc(F)c3)cn2)CC1. The van der Waals surface area contributed by atoms with Crippen molar-refractivity contribution in [3.8, 4) is 22.9 Å². The van der Waals surface area contributed by atoms with Gasteiger partial charge < -0.3 is 20.0 Å². The highest BCUT2D eigenvalue weighted by molar-refractivity contribution is 5.68. The fraction of sp³-hybridized carbons (Fsp3) is 0.238. The van der Waals surface area contributed by atoms with Crippen LogP contribution in [-0.2, 0) is 6.54 Å². The third-order valence-corrected chi connectivity index (χ3v) is 4.97. The topological polar surface area (TPSA) is 91.1 Å². The zero-order valence-corrected chi connectivity index (χ0v) is 16.1. The van der Waals surface area contributed by atoms with Crippen molar-refractivity contribution in [3.63, 3.8) is 0 Å². The molecule has 1 saturated heterocycles. The molecule has 2 N–H and O–H groups in total. The third-order valence-electron chi connectivity index (χ3n) is 4.97. The Labute approximate surface area is 172 Å². The number of nitrogens with zero attached hydrogens (tertiary/aromatic N) is 4. The van der Waals surface area contributed by atoms with E-state index in [0.717, 1.165) is 16.8 Å². The van der Waals surface area contributed by atoms with E-state index in [1.807, 2.05) is 18.2 Å². The van der Waals surface area contributed by atoms with E-state index in [1.165, 1.54) is 29.2 Å². The molecule has 1 aliphatic rings. The summed E-state index contributed by atoms with van der Waals surface area (Å²) in [6, 6.07) is 12.7. The van der Waals surface area contributed by atoms with Crippen LogP contribution in [0.1, 0.15) is 5.69 Å². The second-order valence-corrected chi connectivity index (χ2v) is 7.01. The Morgan fingerprint density at radius 2 is 1.73 bits per heavy atom. The summed E-state index contributed by atoms with van der Waals surface area (Å²) in [5.41, 5.74) is 2.51. The zero-order chi connectivity index (χ0) is 21.1. The van der Waals surface area contributed by atoms with Crippen molar-refractivity contribution in [2.75, 3.05) is 26.2 Å². The normalized spacial score (nSPS) is 14.6. The summed E-state index contributed by atoms with van der Waals surface area (Å²) in [6.45, 7) is 2.79. The first kappa shape index (κ1) is 19.7. The van der Waals surface area contributed by atoms with E-state index in [1.54, 1.807) is 12.3 Å². The summed E-state index contributed by atoms with van der Waals surface area (Å²) in [5, 5.41) is 19.1. The summed E-state index contributed by atoms with van der Waals surface area (Å²) in [6.07, 6.45) is 1.09.